The van der Waals surface area contributed by atoms with Crippen LogP contribution in [0.15, 0.2) is 66.7 Å². The molecule has 0 unspecified atom stereocenters. The third kappa shape index (κ3) is 6.68. The Morgan fingerprint density at radius 2 is 1.70 bits per heavy atom. The van der Waals surface area contributed by atoms with Gasteiger partial charge in [-0.05, 0) is 61.2 Å². The summed E-state index contributed by atoms with van der Waals surface area (Å²) in [7, 11) is 1.69. The van der Waals surface area contributed by atoms with Crippen LogP contribution in [0.4, 0.5) is 21.9 Å². The van der Waals surface area contributed by atoms with Crippen molar-refractivity contribution in [3.05, 3.63) is 77.9 Å². The molecule has 7 nitrogen and oxygen atoms in total. The number of methoxy groups -OCH3 is 1. The van der Waals surface area contributed by atoms with Gasteiger partial charge in [-0.25, -0.2) is 9.59 Å². The Labute approximate surface area is 218 Å². The minimum atomic E-state index is -0.991. The van der Waals surface area contributed by atoms with Crippen LogP contribution < -0.4 is 15.5 Å². The molecule has 0 aliphatic heterocycles. The number of hydrogen-bond donors (Lipinski definition) is 3. The molecule has 1 saturated carbocycles. The van der Waals surface area contributed by atoms with E-state index in [0.29, 0.717) is 36.1 Å². The average molecular weight is 502 g/mol. The summed E-state index contributed by atoms with van der Waals surface area (Å²) in [5.41, 5.74) is 4.88. The molecule has 0 radical (unpaired) electrons. The number of anilines is 3. The average Bonchev–Trinajstić information content (AvgIpc) is 2.91. The molecular formula is C30H35N3O4. The predicted octanol–water partition coefficient (Wildman–Crippen LogP) is 6.79. The lowest BCUT2D eigenvalue weighted by molar-refractivity contribution is 0.0697. The highest BCUT2D eigenvalue weighted by atomic mass is 16.5. The lowest BCUT2D eigenvalue weighted by atomic mass is 9.93. The van der Waals surface area contributed by atoms with E-state index in [1.165, 1.54) is 19.3 Å². The number of ether oxygens (including phenoxy) is 1. The first-order valence-corrected chi connectivity index (χ1v) is 12.8. The van der Waals surface area contributed by atoms with Crippen LogP contribution >= 0.6 is 0 Å². The summed E-state index contributed by atoms with van der Waals surface area (Å²) in [6.07, 6.45) is 5.76. The zero-order valence-corrected chi connectivity index (χ0v) is 21.5. The molecule has 3 N–H and O–H groups in total. The van der Waals surface area contributed by atoms with Crippen LogP contribution in [0, 0.1) is 6.92 Å². The molecule has 0 heterocycles. The molecular weight excluding hydrogens is 466 g/mol. The number of aromatic carboxylic acids is 1. The molecule has 7 heteroatoms. The smallest absolute Gasteiger partial charge is 0.336 e. The molecule has 0 bridgehead atoms. The molecule has 1 aliphatic carbocycles. The Morgan fingerprint density at radius 1 is 0.973 bits per heavy atom. The highest BCUT2D eigenvalue weighted by Gasteiger charge is 2.24. The second-order valence-corrected chi connectivity index (χ2v) is 9.51. The third-order valence-corrected chi connectivity index (χ3v) is 6.88. The minimum Gasteiger partial charge on any atom is -0.478 e. The van der Waals surface area contributed by atoms with Crippen molar-refractivity contribution in [2.24, 2.45) is 0 Å². The topological polar surface area (TPSA) is 90.9 Å². The highest BCUT2D eigenvalue weighted by molar-refractivity contribution is 6.03. The molecule has 0 spiro atoms. The zero-order valence-electron chi connectivity index (χ0n) is 21.5. The van der Waals surface area contributed by atoms with Gasteiger partial charge in [0.05, 0.1) is 23.5 Å². The zero-order chi connectivity index (χ0) is 26.2. The second-order valence-electron chi connectivity index (χ2n) is 9.51. The van der Waals surface area contributed by atoms with Crippen LogP contribution in [0.2, 0.25) is 0 Å². The van der Waals surface area contributed by atoms with Crippen molar-refractivity contribution < 1.29 is 19.4 Å². The SMILES string of the molecule is COCCN(c1ccc(-c2ccccc2C(=O)O)cc1NC(=O)Nc1ccc(C)cc1)C1CCCCC1. The van der Waals surface area contributed by atoms with Gasteiger partial charge in [-0.2, -0.15) is 0 Å². The predicted molar refractivity (Wildman–Crippen MR) is 149 cm³/mol. The van der Waals surface area contributed by atoms with Crippen molar-refractivity contribution >= 4 is 29.1 Å². The molecule has 1 fully saturated rings. The van der Waals surface area contributed by atoms with Gasteiger partial charge >= 0.3 is 12.0 Å². The van der Waals surface area contributed by atoms with Crippen LogP contribution in [0.5, 0.6) is 0 Å². The summed E-state index contributed by atoms with van der Waals surface area (Å²) in [6, 6.07) is 20.3. The van der Waals surface area contributed by atoms with Gasteiger partial charge in [0.25, 0.3) is 0 Å². The molecule has 0 atom stereocenters. The van der Waals surface area contributed by atoms with Crippen LogP contribution in [0.1, 0.15) is 48.0 Å². The Kier molecular flexibility index (Phi) is 8.80. The van der Waals surface area contributed by atoms with Gasteiger partial charge in [-0.3, -0.25) is 0 Å². The van der Waals surface area contributed by atoms with Crippen molar-refractivity contribution in [1.29, 1.82) is 0 Å². The monoisotopic (exact) mass is 501 g/mol. The van der Waals surface area contributed by atoms with Gasteiger partial charge in [0.1, 0.15) is 0 Å². The lowest BCUT2D eigenvalue weighted by Gasteiger charge is -2.37. The van der Waals surface area contributed by atoms with Crippen LogP contribution in [-0.2, 0) is 4.74 Å². The number of carboxylic acids is 1. The van der Waals surface area contributed by atoms with Crippen molar-refractivity contribution in [3.8, 4) is 11.1 Å². The van der Waals surface area contributed by atoms with E-state index in [0.717, 1.165) is 29.7 Å². The Morgan fingerprint density at radius 3 is 2.41 bits per heavy atom. The van der Waals surface area contributed by atoms with E-state index in [1.807, 2.05) is 55.5 Å². The molecule has 3 aromatic carbocycles. The number of carbonyl (C=O) groups is 2. The third-order valence-electron chi connectivity index (χ3n) is 6.88. The van der Waals surface area contributed by atoms with Gasteiger partial charge in [0, 0.05) is 25.4 Å². The van der Waals surface area contributed by atoms with E-state index in [9.17, 15) is 14.7 Å². The first-order valence-electron chi connectivity index (χ1n) is 12.8. The fourth-order valence-electron chi connectivity index (χ4n) is 4.98. The van der Waals surface area contributed by atoms with Gasteiger partial charge < -0.3 is 25.4 Å². The normalized spacial score (nSPS) is 13.7. The molecule has 0 aromatic heterocycles. The number of nitrogens with zero attached hydrogens (tertiary/aromatic N) is 1. The largest absolute Gasteiger partial charge is 0.478 e. The second kappa shape index (κ2) is 12.4. The summed E-state index contributed by atoms with van der Waals surface area (Å²) in [4.78, 5) is 27.3. The Bertz CT molecular complexity index is 1220. The van der Waals surface area contributed by atoms with Gasteiger partial charge in [0.2, 0.25) is 0 Å². The molecule has 4 rings (SSSR count). The van der Waals surface area contributed by atoms with E-state index in [1.54, 1.807) is 25.3 Å². The fraction of sp³-hybridized carbons (Fsp3) is 0.333. The number of amides is 2. The van der Waals surface area contributed by atoms with Crippen molar-refractivity contribution in [2.75, 3.05) is 35.8 Å². The van der Waals surface area contributed by atoms with Crippen LogP contribution in [0.3, 0.4) is 0 Å². The number of benzene rings is 3. The summed E-state index contributed by atoms with van der Waals surface area (Å²) in [5, 5.41) is 15.7. The number of hydrogen-bond acceptors (Lipinski definition) is 4. The molecule has 37 heavy (non-hydrogen) atoms. The van der Waals surface area contributed by atoms with E-state index >= 15 is 0 Å². The van der Waals surface area contributed by atoms with E-state index < -0.39 is 5.97 Å². The lowest BCUT2D eigenvalue weighted by Crippen LogP contribution is -2.39. The van der Waals surface area contributed by atoms with Crippen molar-refractivity contribution in [1.82, 2.24) is 0 Å². The summed E-state index contributed by atoms with van der Waals surface area (Å²) >= 11 is 0. The molecule has 0 saturated heterocycles. The maximum atomic E-state index is 13.1. The minimum absolute atomic E-state index is 0.217. The summed E-state index contributed by atoms with van der Waals surface area (Å²) < 4.78 is 5.42. The maximum absolute atomic E-state index is 13.1. The van der Waals surface area contributed by atoms with E-state index in [4.69, 9.17) is 4.74 Å². The standard InChI is InChI=1S/C30H35N3O4/c1-21-12-15-23(16-13-21)31-30(36)32-27-20-22(25-10-6-7-11-26(25)29(34)35)14-17-28(27)33(18-19-37-2)24-8-4-3-5-9-24/h6-7,10-17,20,24H,3-5,8-9,18-19H2,1-2H3,(H,34,35)(H2,31,32,36). The number of aryl methyl sites for hydroxylation is 1. The highest BCUT2D eigenvalue weighted by Crippen LogP contribution is 2.36. The first-order chi connectivity index (χ1) is 18.0. The quantitative estimate of drug-likeness (QED) is 0.300. The molecule has 194 valence electrons. The molecule has 3 aromatic rings. The Hall–Kier alpha value is -3.84. The van der Waals surface area contributed by atoms with Crippen molar-refractivity contribution in [2.45, 2.75) is 45.1 Å². The van der Waals surface area contributed by atoms with Crippen LogP contribution in [0.25, 0.3) is 11.1 Å². The number of carboxylic acid groups (broad SMARTS) is 1. The van der Waals surface area contributed by atoms with E-state index in [-0.39, 0.29) is 11.6 Å². The Balaban J connectivity index is 1.72. The summed E-state index contributed by atoms with van der Waals surface area (Å²) in [5.74, 6) is -0.991. The first kappa shape index (κ1) is 26.2. The van der Waals surface area contributed by atoms with Crippen LogP contribution in [-0.4, -0.2) is 43.4 Å². The van der Waals surface area contributed by atoms with Gasteiger partial charge in [-0.15, -0.1) is 0 Å². The molecule has 1 aliphatic rings. The summed E-state index contributed by atoms with van der Waals surface area (Å²) in [6.45, 7) is 3.26. The van der Waals surface area contributed by atoms with Gasteiger partial charge in [-0.1, -0.05) is 61.2 Å². The number of urea groups is 1. The fourth-order valence-corrected chi connectivity index (χ4v) is 4.98. The van der Waals surface area contributed by atoms with Crippen molar-refractivity contribution in [3.63, 3.8) is 0 Å². The van der Waals surface area contributed by atoms with E-state index in [2.05, 4.69) is 15.5 Å². The number of carbonyl (C=O) groups excluding carboxylic acids is 1. The number of nitrogens with one attached hydrogen (secondary N) is 2. The molecule has 2 amide bonds. The maximum Gasteiger partial charge on any atom is 0.336 e. The number of rotatable bonds is 9. The van der Waals surface area contributed by atoms with Gasteiger partial charge in [0.15, 0.2) is 0 Å².